The van der Waals surface area contributed by atoms with Crippen molar-refractivity contribution in [3.8, 4) is 5.75 Å². The molecule has 0 spiro atoms. The summed E-state index contributed by atoms with van der Waals surface area (Å²) < 4.78 is 0. The summed E-state index contributed by atoms with van der Waals surface area (Å²) >= 11 is 0. The van der Waals surface area contributed by atoms with E-state index in [4.69, 9.17) is 4.84 Å². The molecule has 6 rings (SSSR count). The van der Waals surface area contributed by atoms with E-state index in [-0.39, 0.29) is 37.1 Å². The van der Waals surface area contributed by atoms with Crippen molar-refractivity contribution in [2.75, 3.05) is 6.61 Å². The molecule has 0 radical (unpaired) electrons. The molecule has 2 aliphatic heterocycles. The van der Waals surface area contributed by atoms with Crippen LogP contribution in [-0.4, -0.2) is 62.7 Å². The minimum absolute atomic E-state index is 0.113. The molecule has 4 aromatic rings. The number of phenols is 1. The summed E-state index contributed by atoms with van der Waals surface area (Å²) in [5.41, 5.74) is 2.67. The van der Waals surface area contributed by atoms with Crippen LogP contribution in [0.1, 0.15) is 23.6 Å². The number of hydrogen-bond acceptors (Lipinski definition) is 5. The molecule has 2 fully saturated rings. The molecular weight excluding hydrogens is 532 g/mol. The lowest BCUT2D eigenvalue weighted by molar-refractivity contribution is -0.245. The number of aromatic hydroxyl groups is 1. The monoisotopic (exact) mass is 564 g/mol. The summed E-state index contributed by atoms with van der Waals surface area (Å²) in [4.78, 5) is 50.2. The Hall–Kier alpha value is -4.89. The summed E-state index contributed by atoms with van der Waals surface area (Å²) in [6, 6.07) is 28.2. The zero-order valence-electron chi connectivity index (χ0n) is 23.2. The van der Waals surface area contributed by atoms with Crippen LogP contribution in [0.25, 0.3) is 10.8 Å². The molecule has 0 bridgehead atoms. The third kappa shape index (κ3) is 5.26. The molecule has 3 atom stereocenters. The van der Waals surface area contributed by atoms with Crippen molar-refractivity contribution >= 4 is 28.6 Å². The van der Waals surface area contributed by atoms with E-state index in [1.807, 2.05) is 79.7 Å². The largest absolute Gasteiger partial charge is 0.508 e. The summed E-state index contributed by atoms with van der Waals surface area (Å²) in [6.07, 6.45) is -0.628. The number of nitrogens with one attached hydrogen (secondary N) is 1. The fourth-order valence-corrected chi connectivity index (χ4v) is 5.90. The third-order valence-corrected chi connectivity index (χ3v) is 8.04. The van der Waals surface area contributed by atoms with Crippen molar-refractivity contribution in [2.45, 2.75) is 44.7 Å². The highest BCUT2D eigenvalue weighted by Crippen LogP contribution is 2.33. The number of nitrogens with zero attached hydrogens (tertiary/aromatic N) is 3. The number of hydrogen-bond donors (Lipinski definition) is 2. The van der Waals surface area contributed by atoms with Crippen molar-refractivity contribution in [3.63, 3.8) is 0 Å². The smallest absolute Gasteiger partial charge is 0.343 e. The Balaban J connectivity index is 1.35. The number of piperazine rings is 1. The maximum absolute atomic E-state index is 14.3. The Morgan fingerprint density at radius 1 is 0.905 bits per heavy atom. The Morgan fingerprint density at radius 2 is 1.62 bits per heavy atom. The first-order chi connectivity index (χ1) is 20.4. The quantitative estimate of drug-likeness (QED) is 0.366. The zero-order chi connectivity index (χ0) is 29.2. The van der Waals surface area contributed by atoms with Crippen LogP contribution in [0.5, 0.6) is 5.75 Å². The third-order valence-electron chi connectivity index (χ3n) is 8.04. The topological polar surface area (TPSA) is 102 Å². The predicted octanol–water partition coefficient (Wildman–Crippen LogP) is 4.20. The second kappa shape index (κ2) is 11.5. The van der Waals surface area contributed by atoms with Crippen LogP contribution in [0.15, 0.2) is 97.1 Å². The second-order valence-corrected chi connectivity index (χ2v) is 10.7. The molecule has 214 valence electrons. The first kappa shape index (κ1) is 27.3. The van der Waals surface area contributed by atoms with E-state index in [9.17, 15) is 19.5 Å². The van der Waals surface area contributed by atoms with E-state index in [1.165, 1.54) is 9.96 Å². The van der Waals surface area contributed by atoms with Gasteiger partial charge in [0.25, 0.3) is 5.91 Å². The molecule has 2 aliphatic rings. The lowest BCUT2D eigenvalue weighted by Gasteiger charge is -2.54. The number of rotatable bonds is 6. The van der Waals surface area contributed by atoms with Gasteiger partial charge in [0, 0.05) is 19.5 Å². The van der Waals surface area contributed by atoms with Gasteiger partial charge in [0.1, 0.15) is 11.8 Å². The Bertz CT molecular complexity index is 1600. The molecule has 2 N–H and O–H groups in total. The number of hydroxylamine groups is 2. The molecule has 42 heavy (non-hydrogen) atoms. The first-order valence-corrected chi connectivity index (χ1v) is 14.0. The van der Waals surface area contributed by atoms with Crippen LogP contribution in [0, 0.1) is 0 Å². The highest BCUT2D eigenvalue weighted by molar-refractivity contribution is 5.92. The molecule has 0 saturated carbocycles. The van der Waals surface area contributed by atoms with E-state index in [1.54, 1.807) is 29.2 Å². The fraction of sp³-hybridized carbons (Fsp3) is 0.242. The van der Waals surface area contributed by atoms with E-state index < -0.39 is 24.3 Å². The van der Waals surface area contributed by atoms with Crippen molar-refractivity contribution in [2.24, 2.45) is 0 Å². The Kier molecular flexibility index (Phi) is 7.50. The molecule has 0 aromatic heterocycles. The lowest BCUT2D eigenvalue weighted by Crippen LogP contribution is -2.75. The minimum Gasteiger partial charge on any atom is -0.508 e. The number of fused-ring (bicyclic) bond motifs is 2. The molecule has 9 heteroatoms. The van der Waals surface area contributed by atoms with Crippen LogP contribution in [-0.2, 0) is 33.9 Å². The van der Waals surface area contributed by atoms with Gasteiger partial charge in [-0.05, 0) is 46.5 Å². The molecule has 2 heterocycles. The number of carbonyl (C=O) groups excluding carboxylic acids is 3. The summed E-state index contributed by atoms with van der Waals surface area (Å²) in [7, 11) is 0. The van der Waals surface area contributed by atoms with E-state index in [0.717, 1.165) is 27.5 Å². The number of urea groups is 1. The Labute approximate surface area is 243 Å². The van der Waals surface area contributed by atoms with E-state index >= 15 is 0 Å². The summed E-state index contributed by atoms with van der Waals surface area (Å²) in [5.74, 6) is -0.456. The van der Waals surface area contributed by atoms with Gasteiger partial charge in [-0.25, -0.2) is 4.79 Å². The van der Waals surface area contributed by atoms with Gasteiger partial charge in [-0.1, -0.05) is 84.9 Å². The van der Waals surface area contributed by atoms with Crippen LogP contribution in [0.3, 0.4) is 0 Å². The molecule has 1 unspecified atom stereocenters. The average molecular weight is 565 g/mol. The number of benzene rings is 4. The van der Waals surface area contributed by atoms with Gasteiger partial charge < -0.3 is 20.2 Å². The average Bonchev–Trinajstić information content (AvgIpc) is 3.01. The number of amides is 4. The molecular formula is C33H32N4O5. The molecule has 4 amide bonds. The van der Waals surface area contributed by atoms with Crippen LogP contribution in [0.4, 0.5) is 4.79 Å². The first-order valence-electron chi connectivity index (χ1n) is 14.0. The van der Waals surface area contributed by atoms with Gasteiger partial charge in [0.05, 0.1) is 6.04 Å². The molecule has 0 aliphatic carbocycles. The SMILES string of the molecule is C[C@H]1C2N(C(=O)NCc3ccccc3)OCC(=O)N2[C@@H](Cc2ccc(O)cc2)C(=O)N1Cc1cccc2ccccc12. The number of carbonyl (C=O) groups is 3. The van der Waals surface area contributed by atoms with Crippen molar-refractivity contribution in [1.82, 2.24) is 20.2 Å². The van der Waals surface area contributed by atoms with Crippen molar-refractivity contribution in [1.29, 1.82) is 0 Å². The highest BCUT2D eigenvalue weighted by Gasteiger charge is 2.53. The molecule has 9 nitrogen and oxygen atoms in total. The van der Waals surface area contributed by atoms with Gasteiger partial charge >= 0.3 is 6.03 Å². The standard InChI is InChI=1S/C33H32N4O5/c1-22-31-36(30(39)21-42-37(31)33(41)34-19-24-8-3-2-4-9-24)29(18-23-14-16-27(38)17-15-23)32(40)35(22)20-26-12-7-11-25-10-5-6-13-28(25)26/h2-17,22,29,31,38H,18-21H2,1H3,(H,34,41)/t22-,29-,31?/m0/s1. The van der Waals surface area contributed by atoms with Crippen LogP contribution < -0.4 is 5.32 Å². The van der Waals surface area contributed by atoms with Gasteiger partial charge in [0.2, 0.25) is 5.91 Å². The van der Waals surface area contributed by atoms with Gasteiger partial charge in [-0.15, -0.1) is 0 Å². The predicted molar refractivity (Wildman–Crippen MR) is 157 cm³/mol. The maximum atomic E-state index is 14.3. The normalized spacial score (nSPS) is 20.5. The summed E-state index contributed by atoms with van der Waals surface area (Å²) in [5, 5.41) is 16.0. The lowest BCUT2D eigenvalue weighted by atomic mass is 9.94. The maximum Gasteiger partial charge on any atom is 0.343 e. The van der Waals surface area contributed by atoms with Crippen molar-refractivity contribution in [3.05, 3.63) is 114 Å². The highest BCUT2D eigenvalue weighted by atomic mass is 16.7. The van der Waals surface area contributed by atoms with E-state index in [0.29, 0.717) is 6.54 Å². The summed E-state index contributed by atoms with van der Waals surface area (Å²) in [6.45, 7) is 2.07. The van der Waals surface area contributed by atoms with Gasteiger partial charge in [-0.3, -0.25) is 14.4 Å². The fourth-order valence-electron chi connectivity index (χ4n) is 5.90. The van der Waals surface area contributed by atoms with Crippen LogP contribution >= 0.6 is 0 Å². The molecule has 4 aromatic carbocycles. The van der Waals surface area contributed by atoms with E-state index in [2.05, 4.69) is 5.32 Å². The minimum atomic E-state index is -0.869. The van der Waals surface area contributed by atoms with Gasteiger partial charge in [-0.2, -0.15) is 5.06 Å². The Morgan fingerprint density at radius 3 is 2.40 bits per heavy atom. The number of phenolic OH excluding ortho intramolecular Hbond substituents is 1. The zero-order valence-corrected chi connectivity index (χ0v) is 23.2. The van der Waals surface area contributed by atoms with Crippen LogP contribution in [0.2, 0.25) is 0 Å². The van der Waals surface area contributed by atoms with Crippen molar-refractivity contribution < 1.29 is 24.3 Å². The van der Waals surface area contributed by atoms with Gasteiger partial charge in [0.15, 0.2) is 12.8 Å². The second-order valence-electron chi connectivity index (χ2n) is 10.7. The molecule has 2 saturated heterocycles.